The fourth-order valence-electron chi connectivity index (χ4n) is 3.23. The number of nitrogens with zero attached hydrogens (tertiary/aromatic N) is 2. The van der Waals surface area contributed by atoms with Gasteiger partial charge in [0.1, 0.15) is 18.9 Å². The standard InChI is InChI=1S/C20H22BN4/c1-3-13-4-6-15-17(10-13)24-19(22-15)12-20-23-16-7-5-14(8-9-21-2)11-18(16)25-20/h4-7,10-11H,3,8-9,12H2,1-2H3,(H,22,24)(H,23,25). The van der Waals surface area contributed by atoms with Gasteiger partial charge in [0.2, 0.25) is 0 Å². The fraction of sp³-hybridized carbons (Fsp3) is 0.300. The lowest BCUT2D eigenvalue weighted by molar-refractivity contribution is 0.960. The van der Waals surface area contributed by atoms with Crippen LogP contribution in [-0.4, -0.2) is 27.2 Å². The highest BCUT2D eigenvalue weighted by atomic mass is 15.0. The molecule has 5 heteroatoms. The van der Waals surface area contributed by atoms with Crippen molar-refractivity contribution < 1.29 is 0 Å². The molecule has 0 aliphatic heterocycles. The van der Waals surface area contributed by atoms with E-state index in [0.29, 0.717) is 6.42 Å². The Balaban J connectivity index is 1.59. The monoisotopic (exact) mass is 329 g/mol. The Kier molecular flexibility index (Phi) is 4.30. The summed E-state index contributed by atoms with van der Waals surface area (Å²) >= 11 is 0. The number of hydrogen-bond acceptors (Lipinski definition) is 2. The van der Waals surface area contributed by atoms with Gasteiger partial charge in [0, 0.05) is 0 Å². The molecule has 0 saturated heterocycles. The number of nitrogens with one attached hydrogen (secondary N) is 2. The molecule has 4 nitrogen and oxygen atoms in total. The first kappa shape index (κ1) is 15.9. The summed E-state index contributed by atoms with van der Waals surface area (Å²) in [5.74, 6) is 1.90. The maximum Gasteiger partial charge on any atom is 0.114 e. The summed E-state index contributed by atoms with van der Waals surface area (Å²) in [7, 11) is 2.20. The predicted molar refractivity (Wildman–Crippen MR) is 105 cm³/mol. The van der Waals surface area contributed by atoms with Crippen LogP contribution in [0.5, 0.6) is 0 Å². The molecule has 4 rings (SSSR count). The van der Waals surface area contributed by atoms with Gasteiger partial charge >= 0.3 is 0 Å². The van der Waals surface area contributed by atoms with Crippen molar-refractivity contribution in [1.82, 2.24) is 19.9 Å². The van der Waals surface area contributed by atoms with Crippen molar-refractivity contribution in [2.24, 2.45) is 0 Å². The van der Waals surface area contributed by atoms with Crippen molar-refractivity contribution in [2.45, 2.75) is 39.3 Å². The lowest BCUT2D eigenvalue weighted by Crippen LogP contribution is -1.92. The van der Waals surface area contributed by atoms with Crippen LogP contribution >= 0.6 is 0 Å². The van der Waals surface area contributed by atoms with Gasteiger partial charge < -0.3 is 9.97 Å². The molecule has 25 heavy (non-hydrogen) atoms. The Morgan fingerprint density at radius 2 is 1.48 bits per heavy atom. The molecule has 2 heterocycles. The van der Waals surface area contributed by atoms with Crippen LogP contribution in [0.4, 0.5) is 0 Å². The first-order valence-corrected chi connectivity index (χ1v) is 8.98. The number of imidazole rings is 2. The highest BCUT2D eigenvalue weighted by Crippen LogP contribution is 2.18. The van der Waals surface area contributed by atoms with E-state index < -0.39 is 0 Å². The van der Waals surface area contributed by atoms with E-state index in [0.717, 1.165) is 52.9 Å². The van der Waals surface area contributed by atoms with E-state index >= 15 is 0 Å². The molecule has 0 unspecified atom stereocenters. The maximum absolute atomic E-state index is 4.71. The summed E-state index contributed by atoms with van der Waals surface area (Å²) in [6, 6.07) is 12.9. The third kappa shape index (κ3) is 3.32. The van der Waals surface area contributed by atoms with E-state index in [1.165, 1.54) is 11.1 Å². The Labute approximate surface area is 148 Å². The van der Waals surface area contributed by atoms with Gasteiger partial charge in [0.25, 0.3) is 0 Å². The van der Waals surface area contributed by atoms with Gasteiger partial charge in [-0.25, -0.2) is 9.97 Å². The van der Waals surface area contributed by atoms with Crippen molar-refractivity contribution >= 4 is 29.3 Å². The molecule has 0 aliphatic carbocycles. The molecule has 2 aromatic heterocycles. The quantitative estimate of drug-likeness (QED) is 0.518. The third-order valence-corrected chi connectivity index (χ3v) is 4.66. The molecule has 2 N–H and O–H groups in total. The van der Waals surface area contributed by atoms with Gasteiger partial charge in [-0.05, 0) is 48.2 Å². The lowest BCUT2D eigenvalue weighted by atomic mass is 9.76. The second kappa shape index (κ2) is 6.75. The zero-order chi connectivity index (χ0) is 17.2. The van der Waals surface area contributed by atoms with Crippen LogP contribution in [0.15, 0.2) is 36.4 Å². The summed E-state index contributed by atoms with van der Waals surface area (Å²) < 4.78 is 0. The first-order chi connectivity index (χ1) is 12.2. The SMILES string of the molecule is C[B]CCc1ccc2nc(Cc3nc4ccc(CC)cc4[nH]3)[nH]c2c1. The number of aryl methyl sites for hydroxylation is 2. The maximum atomic E-state index is 4.71. The topological polar surface area (TPSA) is 57.4 Å². The fourth-order valence-corrected chi connectivity index (χ4v) is 3.23. The minimum atomic E-state index is 0.683. The highest BCUT2D eigenvalue weighted by molar-refractivity contribution is 6.33. The Morgan fingerprint density at radius 3 is 2.08 bits per heavy atom. The Bertz CT molecular complexity index is 1020. The van der Waals surface area contributed by atoms with Crippen LogP contribution in [0.1, 0.15) is 29.7 Å². The molecule has 2 aromatic carbocycles. The number of aromatic nitrogens is 4. The van der Waals surface area contributed by atoms with Crippen molar-refractivity contribution in [2.75, 3.05) is 0 Å². The molecule has 0 bridgehead atoms. The normalized spacial score (nSPS) is 11.4. The van der Waals surface area contributed by atoms with Crippen LogP contribution in [0.25, 0.3) is 22.1 Å². The molecular formula is C20H22BN4. The van der Waals surface area contributed by atoms with Gasteiger partial charge in [-0.1, -0.05) is 32.2 Å². The summed E-state index contributed by atoms with van der Waals surface area (Å²) in [5, 5.41) is 0. The average Bonchev–Trinajstić information content (AvgIpc) is 3.21. The number of H-pyrrole nitrogens is 2. The zero-order valence-electron chi connectivity index (χ0n) is 14.8. The number of hydrogen-bond donors (Lipinski definition) is 2. The molecule has 0 atom stereocenters. The van der Waals surface area contributed by atoms with Crippen molar-refractivity contribution in [3.63, 3.8) is 0 Å². The molecule has 4 aromatic rings. The summed E-state index contributed by atoms with van der Waals surface area (Å²) in [5.41, 5.74) is 6.90. The van der Waals surface area contributed by atoms with Crippen LogP contribution < -0.4 is 0 Å². The van der Waals surface area contributed by atoms with E-state index in [2.05, 4.69) is 67.4 Å². The van der Waals surface area contributed by atoms with Crippen molar-refractivity contribution in [3.8, 4) is 0 Å². The minimum Gasteiger partial charge on any atom is -0.342 e. The van der Waals surface area contributed by atoms with Gasteiger partial charge in [-0.2, -0.15) is 0 Å². The number of fused-ring (bicyclic) bond motifs is 2. The number of rotatable bonds is 6. The van der Waals surface area contributed by atoms with Crippen LogP contribution in [0.3, 0.4) is 0 Å². The smallest absolute Gasteiger partial charge is 0.114 e. The lowest BCUT2D eigenvalue weighted by Gasteiger charge is -1.98. The molecule has 1 radical (unpaired) electrons. The molecular weight excluding hydrogens is 307 g/mol. The van der Waals surface area contributed by atoms with Crippen LogP contribution in [-0.2, 0) is 19.3 Å². The molecule has 0 saturated carbocycles. The second-order valence-electron chi connectivity index (χ2n) is 6.55. The van der Waals surface area contributed by atoms with E-state index in [9.17, 15) is 0 Å². The van der Waals surface area contributed by atoms with E-state index in [4.69, 9.17) is 9.97 Å². The summed E-state index contributed by atoms with van der Waals surface area (Å²) in [6.07, 6.45) is 3.89. The van der Waals surface area contributed by atoms with Crippen LogP contribution in [0.2, 0.25) is 13.1 Å². The average molecular weight is 329 g/mol. The van der Waals surface area contributed by atoms with Gasteiger partial charge in [-0.15, -0.1) is 0 Å². The predicted octanol–water partition coefficient (Wildman–Crippen LogP) is 4.31. The molecule has 0 aliphatic rings. The van der Waals surface area contributed by atoms with Crippen molar-refractivity contribution in [1.29, 1.82) is 0 Å². The van der Waals surface area contributed by atoms with E-state index in [-0.39, 0.29) is 0 Å². The van der Waals surface area contributed by atoms with E-state index in [1.807, 2.05) is 0 Å². The molecule has 0 fully saturated rings. The molecule has 125 valence electrons. The number of aromatic amines is 2. The first-order valence-electron chi connectivity index (χ1n) is 8.98. The zero-order valence-corrected chi connectivity index (χ0v) is 14.8. The second-order valence-corrected chi connectivity index (χ2v) is 6.55. The summed E-state index contributed by atoms with van der Waals surface area (Å²) in [6.45, 7) is 4.27. The third-order valence-electron chi connectivity index (χ3n) is 4.66. The van der Waals surface area contributed by atoms with Crippen molar-refractivity contribution in [3.05, 3.63) is 59.2 Å². The molecule has 0 spiro atoms. The van der Waals surface area contributed by atoms with Gasteiger partial charge in [-0.3, -0.25) is 0 Å². The number of benzene rings is 2. The Hall–Kier alpha value is -2.56. The van der Waals surface area contributed by atoms with Gasteiger partial charge in [0.15, 0.2) is 0 Å². The Morgan fingerprint density at radius 1 is 0.880 bits per heavy atom. The van der Waals surface area contributed by atoms with E-state index in [1.54, 1.807) is 0 Å². The summed E-state index contributed by atoms with van der Waals surface area (Å²) in [4.78, 5) is 16.3. The molecule has 0 amide bonds. The van der Waals surface area contributed by atoms with Crippen LogP contribution in [0, 0.1) is 0 Å². The van der Waals surface area contributed by atoms with Gasteiger partial charge in [0.05, 0.1) is 28.5 Å². The largest absolute Gasteiger partial charge is 0.342 e. The highest BCUT2D eigenvalue weighted by Gasteiger charge is 2.09. The minimum absolute atomic E-state index is 0.683.